The third-order valence-corrected chi connectivity index (χ3v) is 3.25. The minimum absolute atomic E-state index is 0.147. The van der Waals surface area contributed by atoms with Crippen LogP contribution in [0.15, 0.2) is 35.4 Å². The van der Waals surface area contributed by atoms with Crippen molar-refractivity contribution < 1.29 is 4.79 Å². The standard InChI is InChI=1S/C12H8N4OS/c13-12-16-11(17)10(18-12)6-7-3-4-8-9(15-7)2-1-5-14-8/h1-6H,(H2,13,16,17). The molecule has 1 fully saturated rings. The molecular weight excluding hydrogens is 248 g/mol. The van der Waals surface area contributed by atoms with Gasteiger partial charge in [-0.25, -0.2) is 4.98 Å². The molecule has 0 spiro atoms. The second-order valence-electron chi connectivity index (χ2n) is 3.67. The first-order valence-corrected chi connectivity index (χ1v) is 6.05. The summed E-state index contributed by atoms with van der Waals surface area (Å²) >= 11 is 1.10. The Labute approximate surface area is 107 Å². The summed E-state index contributed by atoms with van der Waals surface area (Å²) in [7, 11) is 0. The Morgan fingerprint density at radius 2 is 2.17 bits per heavy atom. The Bertz CT molecular complexity index is 695. The van der Waals surface area contributed by atoms with E-state index in [9.17, 15) is 4.79 Å². The maximum absolute atomic E-state index is 11.5. The van der Waals surface area contributed by atoms with E-state index in [-0.39, 0.29) is 11.1 Å². The van der Waals surface area contributed by atoms with Crippen molar-refractivity contribution in [3.63, 3.8) is 0 Å². The Morgan fingerprint density at radius 3 is 2.94 bits per heavy atom. The summed E-state index contributed by atoms with van der Waals surface area (Å²) in [6.45, 7) is 0. The number of carbonyl (C=O) groups excluding carboxylic acids is 1. The first-order chi connectivity index (χ1) is 8.72. The molecule has 0 radical (unpaired) electrons. The number of hydrogen-bond acceptors (Lipinski definition) is 5. The summed E-state index contributed by atoms with van der Waals surface area (Å²) in [5.74, 6) is -0.252. The molecule has 1 amide bonds. The number of amidine groups is 1. The lowest BCUT2D eigenvalue weighted by Gasteiger charge is -1.98. The molecule has 1 saturated heterocycles. The lowest BCUT2D eigenvalue weighted by atomic mass is 10.2. The minimum atomic E-state index is -0.252. The molecule has 1 aliphatic heterocycles. The van der Waals surface area contributed by atoms with Crippen molar-refractivity contribution in [1.82, 2.24) is 15.3 Å². The monoisotopic (exact) mass is 256 g/mol. The van der Waals surface area contributed by atoms with E-state index in [1.807, 2.05) is 18.2 Å². The summed E-state index contributed by atoms with van der Waals surface area (Å²) in [5, 5.41) is 9.94. The molecule has 0 atom stereocenters. The van der Waals surface area contributed by atoms with Gasteiger partial charge in [0.05, 0.1) is 21.6 Å². The van der Waals surface area contributed by atoms with Crippen LogP contribution in [0.25, 0.3) is 17.1 Å². The lowest BCUT2D eigenvalue weighted by Crippen LogP contribution is -2.18. The number of aromatic nitrogens is 2. The smallest absolute Gasteiger partial charge is 0.264 e. The van der Waals surface area contributed by atoms with Crippen LogP contribution in [-0.2, 0) is 4.79 Å². The molecule has 18 heavy (non-hydrogen) atoms. The highest BCUT2D eigenvalue weighted by Crippen LogP contribution is 2.24. The van der Waals surface area contributed by atoms with Crippen LogP contribution in [0.3, 0.4) is 0 Å². The van der Waals surface area contributed by atoms with Crippen LogP contribution in [0.4, 0.5) is 0 Å². The van der Waals surface area contributed by atoms with Crippen molar-refractivity contribution in [1.29, 1.82) is 5.41 Å². The van der Waals surface area contributed by atoms with Gasteiger partial charge in [0.1, 0.15) is 0 Å². The van der Waals surface area contributed by atoms with Crippen molar-refractivity contribution in [2.75, 3.05) is 0 Å². The van der Waals surface area contributed by atoms with E-state index in [1.165, 1.54) is 0 Å². The van der Waals surface area contributed by atoms with Crippen molar-refractivity contribution in [2.45, 2.75) is 0 Å². The molecule has 0 aromatic carbocycles. The fraction of sp³-hybridized carbons (Fsp3) is 0. The number of fused-ring (bicyclic) bond motifs is 1. The Hall–Kier alpha value is -2.21. The molecular formula is C12H8N4OS. The molecule has 0 saturated carbocycles. The van der Waals surface area contributed by atoms with Crippen LogP contribution < -0.4 is 5.32 Å². The van der Waals surface area contributed by atoms with E-state index < -0.39 is 0 Å². The quantitative estimate of drug-likeness (QED) is 0.762. The van der Waals surface area contributed by atoms with Crippen molar-refractivity contribution in [3.05, 3.63) is 41.1 Å². The largest absolute Gasteiger partial charge is 0.301 e. The van der Waals surface area contributed by atoms with Gasteiger partial charge < -0.3 is 5.32 Å². The molecule has 6 heteroatoms. The number of nitrogens with one attached hydrogen (secondary N) is 2. The first kappa shape index (κ1) is 10.9. The third kappa shape index (κ3) is 1.98. The molecule has 2 aromatic heterocycles. The summed E-state index contributed by atoms with van der Waals surface area (Å²) in [6.07, 6.45) is 3.39. The second-order valence-corrected chi connectivity index (χ2v) is 4.72. The van der Waals surface area contributed by atoms with Gasteiger partial charge in [0.2, 0.25) is 0 Å². The van der Waals surface area contributed by atoms with Crippen LogP contribution in [-0.4, -0.2) is 21.0 Å². The minimum Gasteiger partial charge on any atom is -0.301 e. The van der Waals surface area contributed by atoms with E-state index in [0.717, 1.165) is 22.8 Å². The normalized spacial score (nSPS) is 17.4. The van der Waals surface area contributed by atoms with Gasteiger partial charge in [-0.05, 0) is 42.1 Å². The maximum Gasteiger partial charge on any atom is 0.264 e. The van der Waals surface area contributed by atoms with Gasteiger partial charge in [-0.15, -0.1) is 0 Å². The topological polar surface area (TPSA) is 78.7 Å². The molecule has 5 nitrogen and oxygen atoms in total. The van der Waals surface area contributed by atoms with Gasteiger partial charge in [0.15, 0.2) is 5.17 Å². The number of pyridine rings is 2. The average Bonchev–Trinajstić information content (AvgIpc) is 2.68. The summed E-state index contributed by atoms with van der Waals surface area (Å²) in [6, 6.07) is 7.35. The van der Waals surface area contributed by atoms with E-state index in [0.29, 0.717) is 10.6 Å². The van der Waals surface area contributed by atoms with Crippen molar-refractivity contribution in [2.24, 2.45) is 0 Å². The number of hydrogen-bond donors (Lipinski definition) is 2. The van der Waals surface area contributed by atoms with Gasteiger partial charge in [-0.2, -0.15) is 0 Å². The highest BCUT2D eigenvalue weighted by Gasteiger charge is 2.22. The summed E-state index contributed by atoms with van der Waals surface area (Å²) in [4.78, 5) is 20.5. The van der Waals surface area contributed by atoms with E-state index in [4.69, 9.17) is 5.41 Å². The molecule has 3 rings (SSSR count). The molecule has 0 bridgehead atoms. The molecule has 3 heterocycles. The Kier molecular flexibility index (Phi) is 2.56. The van der Waals surface area contributed by atoms with Crippen LogP contribution in [0, 0.1) is 5.41 Å². The highest BCUT2D eigenvalue weighted by atomic mass is 32.2. The van der Waals surface area contributed by atoms with Gasteiger partial charge in [0, 0.05) is 6.20 Å². The molecule has 0 aliphatic carbocycles. The second kappa shape index (κ2) is 4.23. The predicted molar refractivity (Wildman–Crippen MR) is 71.0 cm³/mol. The number of rotatable bonds is 1. The van der Waals surface area contributed by atoms with Crippen LogP contribution >= 0.6 is 11.8 Å². The van der Waals surface area contributed by atoms with E-state index >= 15 is 0 Å². The number of thioether (sulfide) groups is 1. The molecule has 2 N–H and O–H groups in total. The van der Waals surface area contributed by atoms with Gasteiger partial charge >= 0.3 is 0 Å². The van der Waals surface area contributed by atoms with Crippen molar-refractivity contribution in [3.8, 4) is 0 Å². The van der Waals surface area contributed by atoms with Gasteiger partial charge in [-0.1, -0.05) is 0 Å². The maximum atomic E-state index is 11.5. The highest BCUT2D eigenvalue weighted by molar-refractivity contribution is 8.18. The van der Waals surface area contributed by atoms with Crippen LogP contribution in [0.1, 0.15) is 5.69 Å². The summed E-state index contributed by atoms with van der Waals surface area (Å²) < 4.78 is 0. The third-order valence-electron chi connectivity index (χ3n) is 2.42. The van der Waals surface area contributed by atoms with E-state index in [1.54, 1.807) is 18.3 Å². The number of nitrogens with zero attached hydrogens (tertiary/aromatic N) is 2. The fourth-order valence-electron chi connectivity index (χ4n) is 1.63. The van der Waals surface area contributed by atoms with E-state index in [2.05, 4.69) is 15.3 Å². The fourth-order valence-corrected chi connectivity index (χ4v) is 2.32. The Balaban J connectivity index is 2.02. The van der Waals surface area contributed by atoms with Gasteiger partial charge in [0.25, 0.3) is 5.91 Å². The first-order valence-electron chi connectivity index (χ1n) is 5.23. The molecule has 88 valence electrons. The number of carbonyl (C=O) groups is 1. The Morgan fingerprint density at radius 1 is 1.28 bits per heavy atom. The molecule has 2 aromatic rings. The zero-order chi connectivity index (χ0) is 12.5. The number of amides is 1. The van der Waals surface area contributed by atoms with Crippen LogP contribution in [0.5, 0.6) is 0 Å². The molecule has 0 unspecified atom stereocenters. The van der Waals surface area contributed by atoms with Gasteiger partial charge in [-0.3, -0.25) is 15.2 Å². The predicted octanol–water partition coefficient (Wildman–Crippen LogP) is 1.77. The van der Waals surface area contributed by atoms with Crippen LogP contribution in [0.2, 0.25) is 0 Å². The lowest BCUT2D eigenvalue weighted by molar-refractivity contribution is -0.115. The SMILES string of the molecule is N=C1NC(=O)C(=Cc2ccc3ncccc3n2)S1. The molecule has 1 aliphatic rings. The zero-order valence-electron chi connectivity index (χ0n) is 9.18. The van der Waals surface area contributed by atoms with Crippen molar-refractivity contribution >= 4 is 39.9 Å². The summed E-state index contributed by atoms with van der Waals surface area (Å²) in [5.41, 5.74) is 2.28. The zero-order valence-corrected chi connectivity index (χ0v) is 9.99. The average molecular weight is 256 g/mol.